The van der Waals surface area contributed by atoms with Gasteiger partial charge in [0.15, 0.2) is 0 Å². The van der Waals surface area contributed by atoms with Gasteiger partial charge in [0, 0.05) is 6.04 Å². The van der Waals surface area contributed by atoms with Crippen LogP contribution in [0.2, 0.25) is 0 Å². The fraction of sp³-hybridized carbons (Fsp3) is 0.333. The van der Waals surface area contributed by atoms with Crippen molar-refractivity contribution in [3.05, 3.63) is 51.9 Å². The van der Waals surface area contributed by atoms with Gasteiger partial charge in [-0.2, -0.15) is 0 Å². The summed E-state index contributed by atoms with van der Waals surface area (Å²) >= 11 is 0. The molecule has 0 bridgehead atoms. The van der Waals surface area contributed by atoms with Gasteiger partial charge in [0.05, 0.1) is 27.9 Å². The molecule has 2 aromatic rings. The number of amides is 2. The molecule has 0 saturated heterocycles. The molecule has 1 fully saturated rings. The van der Waals surface area contributed by atoms with Gasteiger partial charge >= 0.3 is 5.97 Å². The molecule has 7 nitrogen and oxygen atoms in total. The Labute approximate surface area is 143 Å². The molecule has 0 unspecified atom stereocenters. The third kappa shape index (κ3) is 2.52. The predicted molar refractivity (Wildman–Crippen MR) is 85.1 cm³/mol. The van der Waals surface area contributed by atoms with E-state index >= 15 is 0 Å². The van der Waals surface area contributed by atoms with Gasteiger partial charge in [-0.25, -0.2) is 4.79 Å². The average molecular weight is 340 g/mol. The van der Waals surface area contributed by atoms with E-state index in [0.717, 1.165) is 18.4 Å². The summed E-state index contributed by atoms with van der Waals surface area (Å²) < 4.78 is 10.3. The lowest BCUT2D eigenvalue weighted by Crippen LogP contribution is -2.31. The van der Waals surface area contributed by atoms with E-state index in [0.29, 0.717) is 17.0 Å². The smallest absolute Gasteiger partial charge is 0.338 e. The average Bonchev–Trinajstić information content (AvgIpc) is 3.34. The van der Waals surface area contributed by atoms with Crippen LogP contribution in [0, 0.1) is 13.8 Å². The Hall–Kier alpha value is -2.96. The van der Waals surface area contributed by atoms with Crippen LogP contribution in [0.3, 0.4) is 0 Å². The fourth-order valence-corrected chi connectivity index (χ4v) is 2.98. The van der Waals surface area contributed by atoms with Crippen molar-refractivity contribution in [2.75, 3.05) is 0 Å². The van der Waals surface area contributed by atoms with Crippen LogP contribution in [-0.2, 0) is 11.3 Å². The number of rotatable bonds is 4. The van der Waals surface area contributed by atoms with Crippen LogP contribution in [-0.4, -0.2) is 33.9 Å². The van der Waals surface area contributed by atoms with Gasteiger partial charge in [-0.05, 0) is 44.9 Å². The maximum absolute atomic E-state index is 12.4. The van der Waals surface area contributed by atoms with Gasteiger partial charge in [0.2, 0.25) is 0 Å². The summed E-state index contributed by atoms with van der Waals surface area (Å²) in [5, 5.41) is 3.81. The number of carbonyl (C=O) groups excluding carboxylic acids is 3. The molecule has 0 spiro atoms. The van der Waals surface area contributed by atoms with E-state index in [9.17, 15) is 14.4 Å². The molecule has 1 saturated carbocycles. The largest absolute Gasteiger partial charge is 0.457 e. The monoisotopic (exact) mass is 340 g/mol. The number of imide groups is 1. The number of fused-ring (bicyclic) bond motifs is 1. The van der Waals surface area contributed by atoms with E-state index in [2.05, 4.69) is 5.16 Å². The minimum atomic E-state index is -0.562. The standard InChI is InChI=1S/C18H16N2O5/c1-9-15(10(2)25-19-9)8-24-18(23)11-3-6-13-14(7-11)17(22)20(16(13)21)12-4-5-12/h3,6-7,12H,4-5,8H2,1-2H3. The number of hydrogen-bond acceptors (Lipinski definition) is 6. The highest BCUT2D eigenvalue weighted by Crippen LogP contribution is 2.35. The fourth-order valence-electron chi connectivity index (χ4n) is 2.98. The minimum Gasteiger partial charge on any atom is -0.457 e. The van der Waals surface area contributed by atoms with Gasteiger partial charge in [-0.1, -0.05) is 5.16 Å². The summed E-state index contributed by atoms with van der Waals surface area (Å²) in [7, 11) is 0. The van der Waals surface area contributed by atoms with E-state index in [1.807, 2.05) is 0 Å². The molecule has 0 radical (unpaired) electrons. The Morgan fingerprint density at radius 2 is 1.96 bits per heavy atom. The van der Waals surface area contributed by atoms with Crippen LogP contribution < -0.4 is 0 Å². The Morgan fingerprint density at radius 1 is 1.24 bits per heavy atom. The number of aryl methyl sites for hydroxylation is 2. The van der Waals surface area contributed by atoms with E-state index in [-0.39, 0.29) is 35.6 Å². The first-order chi connectivity index (χ1) is 12.0. The van der Waals surface area contributed by atoms with Crippen LogP contribution in [0.5, 0.6) is 0 Å². The summed E-state index contributed by atoms with van der Waals surface area (Å²) in [4.78, 5) is 38.3. The van der Waals surface area contributed by atoms with E-state index in [1.54, 1.807) is 13.8 Å². The zero-order valence-electron chi connectivity index (χ0n) is 13.9. The van der Waals surface area contributed by atoms with Crippen molar-refractivity contribution in [1.29, 1.82) is 0 Å². The molecule has 2 amide bonds. The molecule has 7 heteroatoms. The maximum atomic E-state index is 12.4. The van der Waals surface area contributed by atoms with Crippen molar-refractivity contribution in [3.63, 3.8) is 0 Å². The summed E-state index contributed by atoms with van der Waals surface area (Å²) in [5.74, 6) is -0.575. The highest BCUT2D eigenvalue weighted by atomic mass is 16.5. The number of carbonyl (C=O) groups is 3. The second kappa shape index (κ2) is 5.54. The number of ether oxygens (including phenoxy) is 1. The number of esters is 1. The SMILES string of the molecule is Cc1noc(C)c1COC(=O)c1ccc2c(c1)C(=O)N(C1CC1)C2=O. The van der Waals surface area contributed by atoms with E-state index in [4.69, 9.17) is 9.26 Å². The van der Waals surface area contributed by atoms with Gasteiger partial charge in [-0.15, -0.1) is 0 Å². The number of nitrogens with zero attached hydrogens (tertiary/aromatic N) is 2. The van der Waals surface area contributed by atoms with Crippen LogP contribution >= 0.6 is 0 Å². The third-order valence-corrected chi connectivity index (χ3v) is 4.59. The first-order valence-electron chi connectivity index (χ1n) is 8.08. The molecule has 4 rings (SSSR count). The quantitative estimate of drug-likeness (QED) is 0.627. The Bertz CT molecular complexity index is 891. The van der Waals surface area contributed by atoms with Crippen LogP contribution in [0.15, 0.2) is 22.7 Å². The van der Waals surface area contributed by atoms with Gasteiger partial charge < -0.3 is 9.26 Å². The molecule has 1 aliphatic heterocycles. The highest BCUT2D eigenvalue weighted by molar-refractivity contribution is 6.22. The minimum absolute atomic E-state index is 0.00217. The lowest BCUT2D eigenvalue weighted by molar-refractivity contribution is 0.0470. The molecule has 128 valence electrons. The van der Waals surface area contributed by atoms with Crippen molar-refractivity contribution in [2.45, 2.75) is 39.3 Å². The molecule has 1 aromatic carbocycles. The molecule has 25 heavy (non-hydrogen) atoms. The van der Waals surface area contributed by atoms with Gasteiger partial charge in [-0.3, -0.25) is 14.5 Å². The van der Waals surface area contributed by atoms with Crippen molar-refractivity contribution < 1.29 is 23.6 Å². The maximum Gasteiger partial charge on any atom is 0.338 e. The van der Waals surface area contributed by atoms with Crippen molar-refractivity contribution >= 4 is 17.8 Å². The third-order valence-electron chi connectivity index (χ3n) is 4.59. The Balaban J connectivity index is 1.53. The lowest BCUT2D eigenvalue weighted by Gasteiger charge is -2.11. The molecule has 0 atom stereocenters. The molecular formula is C18H16N2O5. The number of hydrogen-bond donors (Lipinski definition) is 0. The highest BCUT2D eigenvalue weighted by Gasteiger charge is 2.44. The molecular weight excluding hydrogens is 324 g/mol. The van der Waals surface area contributed by atoms with E-state index in [1.165, 1.54) is 23.1 Å². The normalized spacial score (nSPS) is 16.3. The lowest BCUT2D eigenvalue weighted by atomic mass is 10.1. The Kier molecular flexibility index (Phi) is 3.45. The number of benzene rings is 1. The summed E-state index contributed by atoms with van der Waals surface area (Å²) in [6, 6.07) is 4.47. The molecule has 1 aliphatic carbocycles. The summed E-state index contributed by atoms with van der Waals surface area (Å²) in [6.45, 7) is 3.55. The van der Waals surface area contributed by atoms with Gasteiger partial charge in [0.25, 0.3) is 11.8 Å². The molecule has 2 heterocycles. The Morgan fingerprint density at radius 3 is 2.60 bits per heavy atom. The molecule has 0 N–H and O–H groups in total. The van der Waals surface area contributed by atoms with Crippen molar-refractivity contribution in [3.8, 4) is 0 Å². The molecule has 2 aliphatic rings. The first-order valence-corrected chi connectivity index (χ1v) is 8.08. The van der Waals surface area contributed by atoms with Crippen LogP contribution in [0.1, 0.15) is 60.9 Å². The van der Waals surface area contributed by atoms with Crippen molar-refractivity contribution in [1.82, 2.24) is 10.1 Å². The second-order valence-electron chi connectivity index (χ2n) is 6.35. The topological polar surface area (TPSA) is 89.7 Å². The van der Waals surface area contributed by atoms with E-state index < -0.39 is 5.97 Å². The zero-order chi connectivity index (χ0) is 17.7. The van der Waals surface area contributed by atoms with Crippen LogP contribution in [0.4, 0.5) is 0 Å². The molecule has 1 aromatic heterocycles. The summed E-state index contributed by atoms with van der Waals surface area (Å²) in [5.41, 5.74) is 2.24. The summed E-state index contributed by atoms with van der Waals surface area (Å²) in [6.07, 6.45) is 1.69. The predicted octanol–water partition coefficient (Wildman–Crippen LogP) is 2.41. The zero-order valence-corrected chi connectivity index (χ0v) is 13.9. The van der Waals surface area contributed by atoms with Crippen LogP contribution in [0.25, 0.3) is 0 Å². The van der Waals surface area contributed by atoms with Gasteiger partial charge in [0.1, 0.15) is 12.4 Å². The van der Waals surface area contributed by atoms with Crippen molar-refractivity contribution in [2.24, 2.45) is 0 Å². The first kappa shape index (κ1) is 15.6. The second-order valence-corrected chi connectivity index (χ2v) is 6.35. The number of aromatic nitrogens is 1.